The second-order valence-corrected chi connectivity index (χ2v) is 7.90. The summed E-state index contributed by atoms with van der Waals surface area (Å²) >= 11 is 0. The van der Waals surface area contributed by atoms with Crippen molar-refractivity contribution in [1.29, 1.82) is 0 Å². The summed E-state index contributed by atoms with van der Waals surface area (Å²) in [6.07, 6.45) is 2.25. The summed E-state index contributed by atoms with van der Waals surface area (Å²) in [5.74, 6) is 0.897. The van der Waals surface area contributed by atoms with Gasteiger partial charge in [0.25, 0.3) is 0 Å². The SMILES string of the molecule is CN(Cc1ccc(OC(F)F)cc1)C(=O)CN1CCC(CN2CCOCC2)CC1. The van der Waals surface area contributed by atoms with Crippen LogP contribution >= 0.6 is 0 Å². The topological polar surface area (TPSA) is 45.2 Å². The van der Waals surface area contributed by atoms with Crippen molar-refractivity contribution in [2.24, 2.45) is 5.92 Å². The fourth-order valence-corrected chi connectivity index (χ4v) is 3.93. The summed E-state index contributed by atoms with van der Waals surface area (Å²) < 4.78 is 34.2. The molecule has 0 atom stereocenters. The molecule has 0 saturated carbocycles. The molecular weight excluding hydrogens is 380 g/mol. The highest BCUT2D eigenvalue weighted by Gasteiger charge is 2.24. The number of likely N-dealkylation sites (tertiary alicyclic amines) is 1. The standard InChI is InChI=1S/C21H31F2N3O3/c1-24(14-17-2-4-19(5-3-17)29-21(22)23)20(27)16-25-8-6-18(7-9-25)15-26-10-12-28-13-11-26/h2-5,18,21H,6-16H2,1H3. The molecule has 1 amide bonds. The highest BCUT2D eigenvalue weighted by atomic mass is 19.3. The lowest BCUT2D eigenvalue weighted by Gasteiger charge is -2.36. The van der Waals surface area contributed by atoms with E-state index in [9.17, 15) is 13.6 Å². The number of halogens is 2. The van der Waals surface area contributed by atoms with Crippen LogP contribution < -0.4 is 4.74 Å². The van der Waals surface area contributed by atoms with Gasteiger partial charge in [-0.25, -0.2) is 0 Å². The Hall–Kier alpha value is -1.77. The van der Waals surface area contributed by atoms with Crippen LogP contribution in [0.1, 0.15) is 18.4 Å². The van der Waals surface area contributed by atoms with Gasteiger partial charge in [-0.15, -0.1) is 0 Å². The molecule has 0 aliphatic carbocycles. The molecule has 2 saturated heterocycles. The predicted octanol–water partition coefficient (Wildman–Crippen LogP) is 2.29. The molecule has 0 radical (unpaired) electrons. The third-order valence-electron chi connectivity index (χ3n) is 5.68. The van der Waals surface area contributed by atoms with Gasteiger partial charge in [0.2, 0.25) is 5.91 Å². The summed E-state index contributed by atoms with van der Waals surface area (Å²) in [5, 5.41) is 0. The van der Waals surface area contributed by atoms with Crippen molar-refractivity contribution in [1.82, 2.24) is 14.7 Å². The lowest BCUT2D eigenvalue weighted by Crippen LogP contribution is -2.45. The van der Waals surface area contributed by atoms with E-state index in [1.54, 1.807) is 24.1 Å². The normalized spacial score (nSPS) is 19.4. The van der Waals surface area contributed by atoms with Crippen LogP contribution in [-0.2, 0) is 16.1 Å². The summed E-state index contributed by atoms with van der Waals surface area (Å²) in [4.78, 5) is 19.0. The first-order valence-electron chi connectivity index (χ1n) is 10.3. The molecule has 162 valence electrons. The van der Waals surface area contributed by atoms with E-state index in [4.69, 9.17) is 4.74 Å². The van der Waals surface area contributed by atoms with E-state index in [0.717, 1.165) is 64.3 Å². The Kier molecular flexibility index (Phi) is 8.20. The molecule has 2 fully saturated rings. The minimum absolute atomic E-state index is 0.0736. The molecule has 2 aliphatic rings. The van der Waals surface area contributed by atoms with Crippen molar-refractivity contribution < 1.29 is 23.0 Å². The molecule has 0 aromatic heterocycles. The molecular formula is C21H31F2N3O3. The molecule has 1 aromatic carbocycles. The molecule has 3 rings (SSSR count). The number of hydrogen-bond donors (Lipinski definition) is 0. The van der Waals surface area contributed by atoms with Crippen LogP contribution in [0.3, 0.4) is 0 Å². The number of rotatable bonds is 8. The van der Waals surface area contributed by atoms with Gasteiger partial charge in [-0.05, 0) is 49.5 Å². The minimum atomic E-state index is -2.83. The molecule has 1 aromatic rings. The number of morpholine rings is 1. The summed E-state index contributed by atoms with van der Waals surface area (Å²) in [7, 11) is 1.77. The third kappa shape index (κ3) is 7.21. The van der Waals surface area contributed by atoms with E-state index < -0.39 is 6.61 Å². The van der Waals surface area contributed by atoms with Gasteiger partial charge < -0.3 is 14.4 Å². The van der Waals surface area contributed by atoms with Gasteiger partial charge in [0, 0.05) is 33.2 Å². The van der Waals surface area contributed by atoms with Gasteiger partial charge in [0.05, 0.1) is 19.8 Å². The average Bonchev–Trinajstić information content (AvgIpc) is 2.71. The number of carbonyl (C=O) groups excluding carboxylic acids is 1. The molecule has 2 heterocycles. The number of ether oxygens (including phenoxy) is 2. The van der Waals surface area contributed by atoms with E-state index >= 15 is 0 Å². The summed E-state index contributed by atoms with van der Waals surface area (Å²) in [5.41, 5.74) is 0.881. The largest absolute Gasteiger partial charge is 0.435 e. The van der Waals surface area contributed by atoms with Crippen LogP contribution in [0.5, 0.6) is 5.75 Å². The lowest BCUT2D eigenvalue weighted by atomic mass is 9.96. The molecule has 29 heavy (non-hydrogen) atoms. The highest BCUT2D eigenvalue weighted by molar-refractivity contribution is 5.78. The van der Waals surface area contributed by atoms with Crippen LogP contribution in [0.4, 0.5) is 8.78 Å². The molecule has 0 bridgehead atoms. The van der Waals surface area contributed by atoms with Gasteiger partial charge in [-0.1, -0.05) is 12.1 Å². The predicted molar refractivity (Wildman–Crippen MR) is 106 cm³/mol. The molecule has 0 spiro atoms. The van der Waals surface area contributed by atoms with Crippen molar-refractivity contribution in [2.45, 2.75) is 26.0 Å². The average molecular weight is 411 g/mol. The fourth-order valence-electron chi connectivity index (χ4n) is 3.93. The van der Waals surface area contributed by atoms with E-state index in [1.807, 2.05) is 0 Å². The van der Waals surface area contributed by atoms with Gasteiger partial charge >= 0.3 is 6.61 Å². The smallest absolute Gasteiger partial charge is 0.387 e. The van der Waals surface area contributed by atoms with Crippen molar-refractivity contribution in [3.63, 3.8) is 0 Å². The first kappa shape index (κ1) is 21.9. The lowest BCUT2D eigenvalue weighted by molar-refractivity contribution is -0.132. The quantitative estimate of drug-likeness (QED) is 0.657. The number of nitrogens with zero attached hydrogens (tertiary/aromatic N) is 3. The Morgan fingerprint density at radius 1 is 1.14 bits per heavy atom. The maximum atomic E-state index is 12.6. The van der Waals surface area contributed by atoms with Gasteiger partial charge in [-0.2, -0.15) is 8.78 Å². The van der Waals surface area contributed by atoms with E-state index in [-0.39, 0.29) is 11.7 Å². The Morgan fingerprint density at radius 3 is 2.41 bits per heavy atom. The van der Waals surface area contributed by atoms with Gasteiger partial charge in [-0.3, -0.25) is 14.6 Å². The van der Waals surface area contributed by atoms with E-state index in [1.165, 1.54) is 12.1 Å². The summed E-state index contributed by atoms with van der Waals surface area (Å²) in [6, 6.07) is 6.41. The molecule has 6 nitrogen and oxygen atoms in total. The van der Waals surface area contributed by atoms with Gasteiger partial charge in [0.1, 0.15) is 5.75 Å². The zero-order valence-electron chi connectivity index (χ0n) is 17.1. The third-order valence-corrected chi connectivity index (χ3v) is 5.68. The van der Waals surface area contributed by atoms with E-state index in [0.29, 0.717) is 19.0 Å². The van der Waals surface area contributed by atoms with Crippen LogP contribution in [-0.4, -0.2) is 86.7 Å². The molecule has 2 aliphatic heterocycles. The maximum absolute atomic E-state index is 12.6. The molecule has 0 N–H and O–H groups in total. The monoisotopic (exact) mass is 411 g/mol. The van der Waals surface area contributed by atoms with Crippen molar-refractivity contribution in [3.8, 4) is 5.75 Å². The second-order valence-electron chi connectivity index (χ2n) is 7.90. The maximum Gasteiger partial charge on any atom is 0.387 e. The zero-order valence-corrected chi connectivity index (χ0v) is 17.1. The van der Waals surface area contributed by atoms with Crippen LogP contribution in [0.25, 0.3) is 0 Å². The molecule has 8 heteroatoms. The first-order chi connectivity index (χ1) is 14.0. The molecule has 0 unspecified atom stereocenters. The number of alkyl halides is 2. The van der Waals surface area contributed by atoms with Crippen molar-refractivity contribution in [3.05, 3.63) is 29.8 Å². The highest BCUT2D eigenvalue weighted by Crippen LogP contribution is 2.19. The number of piperidine rings is 1. The van der Waals surface area contributed by atoms with Crippen molar-refractivity contribution >= 4 is 5.91 Å². The van der Waals surface area contributed by atoms with Crippen molar-refractivity contribution in [2.75, 3.05) is 59.5 Å². The van der Waals surface area contributed by atoms with Crippen LogP contribution in [0.15, 0.2) is 24.3 Å². The Bertz CT molecular complexity index is 631. The number of likely N-dealkylation sites (N-methyl/N-ethyl adjacent to an activating group) is 1. The Morgan fingerprint density at radius 2 is 1.79 bits per heavy atom. The van der Waals surface area contributed by atoms with Crippen LogP contribution in [0, 0.1) is 5.92 Å². The number of carbonyl (C=O) groups is 1. The van der Waals surface area contributed by atoms with E-state index in [2.05, 4.69) is 14.5 Å². The Balaban J connectivity index is 1.37. The second kappa shape index (κ2) is 10.8. The minimum Gasteiger partial charge on any atom is -0.435 e. The van der Waals surface area contributed by atoms with Crippen LogP contribution in [0.2, 0.25) is 0 Å². The number of amides is 1. The number of benzene rings is 1. The van der Waals surface area contributed by atoms with Gasteiger partial charge in [0.15, 0.2) is 0 Å². The number of hydrogen-bond acceptors (Lipinski definition) is 5. The fraction of sp³-hybridized carbons (Fsp3) is 0.667. The Labute approximate surface area is 171 Å². The zero-order chi connectivity index (χ0) is 20.6. The first-order valence-corrected chi connectivity index (χ1v) is 10.3. The summed E-state index contributed by atoms with van der Waals surface area (Å²) in [6.45, 7) is 4.80.